The van der Waals surface area contributed by atoms with E-state index in [9.17, 15) is 4.79 Å². The second-order valence-corrected chi connectivity index (χ2v) is 4.19. The first kappa shape index (κ1) is 13.4. The Kier molecular flexibility index (Phi) is 4.36. The third kappa shape index (κ3) is 3.45. The van der Waals surface area contributed by atoms with Crippen molar-refractivity contribution in [2.45, 2.75) is 6.92 Å². The molecule has 1 heterocycles. The van der Waals surface area contributed by atoms with Crippen LogP contribution in [0.3, 0.4) is 0 Å². The van der Waals surface area contributed by atoms with Gasteiger partial charge < -0.3 is 10.1 Å². The van der Waals surface area contributed by atoms with Crippen LogP contribution in [-0.4, -0.2) is 17.5 Å². The molecule has 0 saturated carbocycles. The quantitative estimate of drug-likeness (QED) is 0.931. The molecule has 2 rings (SSSR count). The highest BCUT2D eigenvalue weighted by Crippen LogP contribution is 2.21. The summed E-state index contributed by atoms with van der Waals surface area (Å²) >= 11 is 5.86. The summed E-state index contributed by atoms with van der Waals surface area (Å²) in [5, 5.41) is 3.27. The number of halogens is 1. The number of hydrogen-bond donors (Lipinski definition) is 1. The van der Waals surface area contributed by atoms with E-state index in [0.717, 1.165) is 0 Å². The molecule has 0 spiro atoms. The first-order valence-electron chi connectivity index (χ1n) is 5.85. The zero-order valence-corrected chi connectivity index (χ0v) is 11.1. The Morgan fingerprint density at radius 3 is 2.95 bits per heavy atom. The highest BCUT2D eigenvalue weighted by molar-refractivity contribution is 6.31. The second-order valence-electron chi connectivity index (χ2n) is 3.75. The fraction of sp³-hybridized carbons (Fsp3) is 0.143. The Hall–Kier alpha value is -2.07. The number of nitrogens with one attached hydrogen (secondary N) is 1. The average Bonchev–Trinajstić information content (AvgIpc) is 2.41. The van der Waals surface area contributed by atoms with E-state index in [4.69, 9.17) is 16.3 Å². The van der Waals surface area contributed by atoms with Gasteiger partial charge in [-0.2, -0.15) is 0 Å². The molecule has 2 aromatic rings. The number of anilines is 1. The van der Waals surface area contributed by atoms with E-state index in [2.05, 4.69) is 10.3 Å². The van der Waals surface area contributed by atoms with Gasteiger partial charge in [-0.15, -0.1) is 0 Å². The third-order valence-corrected chi connectivity index (χ3v) is 2.62. The van der Waals surface area contributed by atoms with Gasteiger partial charge in [-0.05, 0) is 37.3 Å². The molecule has 0 atom stereocenters. The van der Waals surface area contributed by atoms with Crippen LogP contribution in [0.1, 0.15) is 17.3 Å². The van der Waals surface area contributed by atoms with E-state index in [0.29, 0.717) is 28.8 Å². The third-order valence-electron chi connectivity index (χ3n) is 2.39. The van der Waals surface area contributed by atoms with Gasteiger partial charge >= 0.3 is 0 Å². The van der Waals surface area contributed by atoms with Crippen LogP contribution in [0.15, 0.2) is 42.6 Å². The Morgan fingerprint density at radius 2 is 2.21 bits per heavy atom. The van der Waals surface area contributed by atoms with Crippen molar-refractivity contribution in [1.29, 1.82) is 0 Å². The average molecular weight is 277 g/mol. The van der Waals surface area contributed by atoms with Gasteiger partial charge in [0.05, 0.1) is 6.61 Å². The lowest BCUT2D eigenvalue weighted by molar-refractivity contribution is 0.102. The second kappa shape index (κ2) is 6.20. The van der Waals surface area contributed by atoms with Crippen molar-refractivity contribution in [3.05, 3.63) is 53.2 Å². The lowest BCUT2D eigenvalue weighted by Crippen LogP contribution is -2.13. The van der Waals surface area contributed by atoms with Gasteiger partial charge in [-0.25, -0.2) is 4.98 Å². The van der Waals surface area contributed by atoms with Crippen molar-refractivity contribution >= 4 is 23.2 Å². The summed E-state index contributed by atoms with van der Waals surface area (Å²) in [6.07, 6.45) is 1.61. The van der Waals surface area contributed by atoms with Crippen LogP contribution in [0, 0.1) is 0 Å². The van der Waals surface area contributed by atoms with Crippen molar-refractivity contribution in [2.24, 2.45) is 0 Å². The van der Waals surface area contributed by atoms with E-state index < -0.39 is 0 Å². The first-order valence-corrected chi connectivity index (χ1v) is 6.23. The summed E-state index contributed by atoms with van der Waals surface area (Å²) in [6, 6.07) is 10.2. The molecule has 4 nitrogen and oxygen atoms in total. The predicted octanol–water partition coefficient (Wildman–Crippen LogP) is 3.39. The van der Waals surface area contributed by atoms with Gasteiger partial charge in [0.25, 0.3) is 5.91 Å². The topological polar surface area (TPSA) is 51.2 Å². The molecule has 0 unspecified atom stereocenters. The monoisotopic (exact) mass is 276 g/mol. The zero-order valence-electron chi connectivity index (χ0n) is 10.4. The number of aromatic nitrogens is 1. The van der Waals surface area contributed by atoms with Crippen LogP contribution in [0.4, 0.5) is 5.69 Å². The van der Waals surface area contributed by atoms with E-state index in [1.54, 1.807) is 42.6 Å². The molecule has 19 heavy (non-hydrogen) atoms. The molecule has 1 aromatic heterocycles. The van der Waals surface area contributed by atoms with Gasteiger partial charge in [0.1, 0.15) is 5.69 Å². The Labute approximate surface area is 116 Å². The zero-order chi connectivity index (χ0) is 13.7. The molecule has 1 amide bonds. The molecule has 0 aliphatic rings. The van der Waals surface area contributed by atoms with Crippen LogP contribution < -0.4 is 10.1 Å². The minimum absolute atomic E-state index is 0.253. The number of pyridine rings is 1. The number of nitrogens with zero attached hydrogens (tertiary/aromatic N) is 1. The molecule has 0 bridgehead atoms. The minimum atomic E-state index is -0.253. The van der Waals surface area contributed by atoms with Crippen LogP contribution in [0.25, 0.3) is 0 Å². The Morgan fingerprint density at radius 1 is 1.37 bits per heavy atom. The van der Waals surface area contributed by atoms with Crippen LogP contribution in [0.2, 0.25) is 5.02 Å². The van der Waals surface area contributed by atoms with Crippen molar-refractivity contribution in [3.8, 4) is 5.88 Å². The summed E-state index contributed by atoms with van der Waals surface area (Å²) in [5.74, 6) is 0.150. The number of hydrogen-bond acceptors (Lipinski definition) is 3. The normalized spacial score (nSPS) is 10.0. The molecular formula is C14H13ClN2O2. The van der Waals surface area contributed by atoms with E-state index in [1.807, 2.05) is 6.92 Å². The molecular weight excluding hydrogens is 264 g/mol. The fourth-order valence-corrected chi connectivity index (χ4v) is 1.75. The van der Waals surface area contributed by atoms with E-state index >= 15 is 0 Å². The van der Waals surface area contributed by atoms with E-state index in [1.165, 1.54) is 0 Å². The Balaban J connectivity index is 2.19. The first-order chi connectivity index (χ1) is 9.20. The lowest BCUT2D eigenvalue weighted by atomic mass is 10.2. The molecule has 98 valence electrons. The fourth-order valence-electron chi connectivity index (χ4n) is 1.56. The molecule has 0 aliphatic carbocycles. The smallest absolute Gasteiger partial charge is 0.255 e. The number of amides is 1. The van der Waals surface area contributed by atoms with Crippen molar-refractivity contribution in [3.63, 3.8) is 0 Å². The number of rotatable bonds is 4. The molecule has 0 saturated heterocycles. The highest BCUT2D eigenvalue weighted by atomic mass is 35.5. The molecule has 1 N–H and O–H groups in total. The van der Waals surface area contributed by atoms with Crippen molar-refractivity contribution in [1.82, 2.24) is 4.98 Å². The van der Waals surface area contributed by atoms with Crippen molar-refractivity contribution < 1.29 is 9.53 Å². The molecule has 5 heteroatoms. The van der Waals surface area contributed by atoms with Crippen LogP contribution >= 0.6 is 11.6 Å². The summed E-state index contributed by atoms with van der Waals surface area (Å²) < 4.78 is 5.35. The number of benzene rings is 1. The predicted molar refractivity (Wildman–Crippen MR) is 74.8 cm³/mol. The summed E-state index contributed by atoms with van der Waals surface area (Å²) in [7, 11) is 0. The number of ether oxygens (including phenoxy) is 1. The molecule has 1 aromatic carbocycles. The summed E-state index contributed by atoms with van der Waals surface area (Å²) in [4.78, 5) is 16.1. The summed E-state index contributed by atoms with van der Waals surface area (Å²) in [6.45, 7) is 2.34. The molecule has 0 radical (unpaired) electrons. The minimum Gasteiger partial charge on any atom is -0.476 e. The van der Waals surface area contributed by atoms with E-state index in [-0.39, 0.29) is 5.91 Å². The summed E-state index contributed by atoms with van der Waals surface area (Å²) in [5.41, 5.74) is 1.02. The van der Waals surface area contributed by atoms with Gasteiger partial charge in [0.2, 0.25) is 5.88 Å². The van der Waals surface area contributed by atoms with Gasteiger partial charge in [-0.1, -0.05) is 17.7 Å². The van der Waals surface area contributed by atoms with Crippen LogP contribution in [0.5, 0.6) is 5.88 Å². The maximum absolute atomic E-state index is 12.1. The maximum Gasteiger partial charge on any atom is 0.255 e. The molecule has 0 aliphatic heterocycles. The largest absolute Gasteiger partial charge is 0.476 e. The van der Waals surface area contributed by atoms with Gasteiger partial charge in [0.15, 0.2) is 0 Å². The highest BCUT2D eigenvalue weighted by Gasteiger charge is 2.10. The number of carbonyl (C=O) groups is 1. The van der Waals surface area contributed by atoms with Crippen LogP contribution in [-0.2, 0) is 0 Å². The lowest BCUT2D eigenvalue weighted by Gasteiger charge is -2.10. The Bertz CT molecular complexity index is 587. The number of carbonyl (C=O) groups excluding carboxylic acids is 1. The van der Waals surface area contributed by atoms with Gasteiger partial charge in [-0.3, -0.25) is 4.79 Å². The maximum atomic E-state index is 12.1. The van der Waals surface area contributed by atoms with Gasteiger partial charge in [0, 0.05) is 16.8 Å². The molecule has 0 fully saturated rings. The SMILES string of the molecule is CCOc1ncccc1NC(=O)c1cccc(Cl)c1. The standard InChI is InChI=1S/C14H13ClN2O2/c1-2-19-14-12(7-4-8-16-14)17-13(18)10-5-3-6-11(15)9-10/h3-9H,2H2,1H3,(H,17,18). The van der Waals surface area contributed by atoms with Crippen molar-refractivity contribution in [2.75, 3.05) is 11.9 Å².